The summed E-state index contributed by atoms with van der Waals surface area (Å²) in [4.78, 5) is 15.8. The number of hydrogen-bond donors (Lipinski definition) is 2. The van der Waals surface area contributed by atoms with E-state index < -0.39 is 0 Å². The van der Waals surface area contributed by atoms with Gasteiger partial charge in [0.25, 0.3) is 0 Å². The molecule has 0 saturated heterocycles. The number of likely N-dealkylation sites (N-methyl/N-ethyl adjacent to an activating group) is 1. The van der Waals surface area contributed by atoms with Gasteiger partial charge >= 0.3 is 6.03 Å². The van der Waals surface area contributed by atoms with Crippen LogP contribution in [0.4, 0.5) is 10.5 Å². The van der Waals surface area contributed by atoms with Gasteiger partial charge in [0.2, 0.25) is 0 Å². The molecule has 2 amide bonds. The maximum atomic E-state index is 12.5. The molecule has 0 saturated carbocycles. The lowest BCUT2D eigenvalue weighted by molar-refractivity contribution is 0.244. The molecule has 27 heavy (non-hydrogen) atoms. The number of para-hydroxylation sites is 2. The van der Waals surface area contributed by atoms with E-state index in [0.717, 1.165) is 22.8 Å². The molecule has 3 aromatic rings. The molecule has 142 valence electrons. The van der Waals surface area contributed by atoms with Crippen molar-refractivity contribution in [1.82, 2.24) is 20.0 Å². The minimum absolute atomic E-state index is 0.141. The summed E-state index contributed by atoms with van der Waals surface area (Å²) in [7, 11) is 4.03. The Morgan fingerprint density at radius 3 is 2.63 bits per heavy atom. The predicted molar refractivity (Wildman–Crippen MR) is 111 cm³/mol. The van der Waals surface area contributed by atoms with E-state index in [0.29, 0.717) is 6.54 Å². The Morgan fingerprint density at radius 1 is 1.22 bits per heavy atom. The smallest absolute Gasteiger partial charge is 0.319 e. The molecule has 0 aliphatic carbocycles. The zero-order valence-electron chi connectivity index (χ0n) is 16.1. The summed E-state index contributed by atoms with van der Waals surface area (Å²) in [6.07, 6.45) is 0. The van der Waals surface area contributed by atoms with Gasteiger partial charge in [-0.15, -0.1) is 11.3 Å². The maximum absolute atomic E-state index is 12.5. The first kappa shape index (κ1) is 19.1. The topological polar surface area (TPSA) is 62.2 Å². The summed E-state index contributed by atoms with van der Waals surface area (Å²) >= 11 is 1.69. The van der Waals surface area contributed by atoms with E-state index in [9.17, 15) is 4.79 Å². The predicted octanol–water partition coefficient (Wildman–Crippen LogP) is 3.98. The van der Waals surface area contributed by atoms with Crippen LogP contribution in [0.25, 0.3) is 5.69 Å². The van der Waals surface area contributed by atoms with E-state index in [1.807, 2.05) is 69.0 Å². The maximum Gasteiger partial charge on any atom is 0.319 e. The van der Waals surface area contributed by atoms with Gasteiger partial charge in [0, 0.05) is 17.1 Å². The number of hydrogen-bond acceptors (Lipinski definition) is 4. The lowest BCUT2D eigenvalue weighted by atomic mass is 10.2. The zero-order valence-corrected chi connectivity index (χ0v) is 16.9. The van der Waals surface area contributed by atoms with E-state index in [1.54, 1.807) is 11.3 Å². The third-order valence-corrected chi connectivity index (χ3v) is 5.31. The average Bonchev–Trinajstić information content (AvgIpc) is 3.25. The number of carbonyl (C=O) groups excluding carboxylic acids is 1. The second-order valence-corrected chi connectivity index (χ2v) is 7.67. The number of aryl methyl sites for hydroxylation is 2. The van der Waals surface area contributed by atoms with E-state index >= 15 is 0 Å². The summed E-state index contributed by atoms with van der Waals surface area (Å²) in [5.74, 6) is 0. The highest BCUT2D eigenvalue weighted by Crippen LogP contribution is 2.23. The summed E-state index contributed by atoms with van der Waals surface area (Å²) in [5, 5.41) is 12.5. The van der Waals surface area contributed by atoms with E-state index in [2.05, 4.69) is 32.1 Å². The average molecular weight is 384 g/mol. The number of urea groups is 1. The quantitative estimate of drug-likeness (QED) is 0.677. The number of amides is 2. The van der Waals surface area contributed by atoms with Crippen LogP contribution in [0, 0.1) is 13.8 Å². The molecule has 1 atom stereocenters. The summed E-state index contributed by atoms with van der Waals surface area (Å²) in [6.45, 7) is 4.49. The van der Waals surface area contributed by atoms with Crippen molar-refractivity contribution in [3.63, 3.8) is 0 Å². The third-order valence-electron chi connectivity index (χ3n) is 4.34. The van der Waals surface area contributed by atoms with Crippen LogP contribution in [0.15, 0.2) is 47.8 Å². The number of carbonyl (C=O) groups is 1. The fraction of sp³-hybridized carbons (Fsp3) is 0.300. The fourth-order valence-electron chi connectivity index (χ4n) is 3.01. The number of rotatable bonds is 6. The minimum atomic E-state index is -0.229. The third kappa shape index (κ3) is 4.56. The number of benzene rings is 1. The number of nitrogens with one attached hydrogen (secondary N) is 2. The van der Waals surface area contributed by atoms with Crippen molar-refractivity contribution in [1.29, 1.82) is 0 Å². The minimum Gasteiger partial charge on any atom is -0.336 e. The van der Waals surface area contributed by atoms with Gasteiger partial charge in [-0.2, -0.15) is 5.10 Å². The molecule has 1 aromatic carbocycles. The molecule has 0 radical (unpaired) electrons. The first-order chi connectivity index (χ1) is 13.0. The van der Waals surface area contributed by atoms with Gasteiger partial charge in [-0.25, -0.2) is 9.48 Å². The second kappa shape index (κ2) is 8.37. The van der Waals surface area contributed by atoms with Gasteiger partial charge in [-0.1, -0.05) is 18.2 Å². The van der Waals surface area contributed by atoms with Crippen LogP contribution in [0.5, 0.6) is 0 Å². The van der Waals surface area contributed by atoms with Gasteiger partial charge in [0.05, 0.1) is 23.1 Å². The molecule has 0 unspecified atom stereocenters. The number of anilines is 1. The molecule has 3 rings (SSSR count). The number of nitrogens with zero attached hydrogens (tertiary/aromatic N) is 3. The summed E-state index contributed by atoms with van der Waals surface area (Å²) in [5.41, 5.74) is 3.53. The number of thiophene rings is 1. The van der Waals surface area contributed by atoms with E-state index in [-0.39, 0.29) is 12.1 Å². The SMILES string of the molecule is Cc1cc(C)n(-c2ccccc2NC(=O)NC[C@@H](c2cccs2)N(C)C)n1. The molecule has 0 aliphatic rings. The van der Waals surface area contributed by atoms with Crippen LogP contribution in [0.3, 0.4) is 0 Å². The zero-order chi connectivity index (χ0) is 19.4. The first-order valence-electron chi connectivity index (χ1n) is 8.83. The van der Waals surface area contributed by atoms with Crippen molar-refractivity contribution in [3.8, 4) is 5.69 Å². The molecule has 0 bridgehead atoms. The Bertz CT molecular complexity index is 901. The van der Waals surface area contributed by atoms with Crippen LogP contribution < -0.4 is 10.6 Å². The molecule has 0 spiro atoms. The molecular weight excluding hydrogens is 358 g/mol. The highest BCUT2D eigenvalue weighted by Gasteiger charge is 2.17. The first-order valence-corrected chi connectivity index (χ1v) is 9.71. The highest BCUT2D eigenvalue weighted by atomic mass is 32.1. The highest BCUT2D eigenvalue weighted by molar-refractivity contribution is 7.10. The lowest BCUT2D eigenvalue weighted by Crippen LogP contribution is -2.36. The van der Waals surface area contributed by atoms with E-state index in [4.69, 9.17) is 0 Å². The Morgan fingerprint density at radius 2 is 2.00 bits per heavy atom. The number of aromatic nitrogens is 2. The fourth-order valence-corrected chi connectivity index (χ4v) is 3.93. The monoisotopic (exact) mass is 383 g/mol. The molecule has 0 aliphatic heterocycles. The second-order valence-electron chi connectivity index (χ2n) is 6.69. The van der Waals surface area contributed by atoms with Crippen molar-refractivity contribution < 1.29 is 4.79 Å². The van der Waals surface area contributed by atoms with Crippen molar-refractivity contribution in [2.75, 3.05) is 26.0 Å². The largest absolute Gasteiger partial charge is 0.336 e. The van der Waals surface area contributed by atoms with Crippen molar-refractivity contribution in [2.45, 2.75) is 19.9 Å². The molecule has 7 heteroatoms. The van der Waals surface area contributed by atoms with E-state index in [1.165, 1.54) is 4.88 Å². The van der Waals surface area contributed by atoms with Gasteiger partial charge in [-0.05, 0) is 57.6 Å². The van der Waals surface area contributed by atoms with Crippen LogP contribution in [0.2, 0.25) is 0 Å². The molecule has 2 N–H and O–H groups in total. The van der Waals surface area contributed by atoms with Gasteiger partial charge in [0.15, 0.2) is 0 Å². The van der Waals surface area contributed by atoms with Crippen molar-refractivity contribution in [2.24, 2.45) is 0 Å². The van der Waals surface area contributed by atoms with Gasteiger partial charge < -0.3 is 15.5 Å². The normalized spacial score (nSPS) is 12.2. The Labute approximate surface area is 163 Å². The Hall–Kier alpha value is -2.64. The summed E-state index contributed by atoms with van der Waals surface area (Å²) in [6, 6.07) is 13.7. The van der Waals surface area contributed by atoms with Gasteiger partial charge in [0.1, 0.15) is 0 Å². The molecule has 2 heterocycles. The van der Waals surface area contributed by atoms with Crippen LogP contribution >= 0.6 is 11.3 Å². The van der Waals surface area contributed by atoms with Crippen LogP contribution in [-0.4, -0.2) is 41.4 Å². The molecule has 6 nitrogen and oxygen atoms in total. The van der Waals surface area contributed by atoms with Gasteiger partial charge in [-0.3, -0.25) is 0 Å². The molecule has 2 aromatic heterocycles. The molecular formula is C20H25N5OS. The van der Waals surface area contributed by atoms with Crippen LogP contribution in [-0.2, 0) is 0 Å². The Kier molecular flexibility index (Phi) is 5.93. The molecule has 0 fully saturated rings. The van der Waals surface area contributed by atoms with Crippen molar-refractivity contribution >= 4 is 23.1 Å². The summed E-state index contributed by atoms with van der Waals surface area (Å²) < 4.78 is 1.85. The van der Waals surface area contributed by atoms with Crippen LogP contribution in [0.1, 0.15) is 22.3 Å². The van der Waals surface area contributed by atoms with Crippen molar-refractivity contribution in [3.05, 3.63) is 64.1 Å². The Balaban J connectivity index is 1.71. The standard InChI is InChI=1S/C20H25N5OS/c1-14-12-15(2)25(23-14)17-9-6-5-8-16(17)22-20(26)21-13-18(24(3)4)19-10-7-11-27-19/h5-12,18H,13H2,1-4H3,(H2,21,22,26)/t18-/m0/s1. The lowest BCUT2D eigenvalue weighted by Gasteiger charge is -2.23.